The van der Waals surface area contributed by atoms with E-state index in [1.54, 1.807) is 21.1 Å². The fraction of sp³-hybridized carbons (Fsp3) is 0.538. The molecule has 16 heavy (non-hydrogen) atoms. The molecule has 1 aromatic carbocycles. The lowest BCUT2D eigenvalue weighted by Crippen LogP contribution is -2.05. The molecule has 0 aliphatic carbocycles. The van der Waals surface area contributed by atoms with Crippen molar-refractivity contribution in [3.63, 3.8) is 0 Å². The second kappa shape index (κ2) is 5.21. The highest BCUT2D eigenvalue weighted by atomic mass is 16.5. The van der Waals surface area contributed by atoms with Crippen molar-refractivity contribution >= 4 is 0 Å². The Bertz CT molecular complexity index is 356. The first-order valence-electron chi connectivity index (χ1n) is 5.45. The summed E-state index contributed by atoms with van der Waals surface area (Å²) in [7, 11) is 3.19. The van der Waals surface area contributed by atoms with Gasteiger partial charge in [-0.05, 0) is 24.5 Å². The van der Waals surface area contributed by atoms with E-state index in [0.29, 0.717) is 17.4 Å². The average Bonchev–Trinajstić information content (AvgIpc) is 2.26. The molecule has 1 unspecified atom stereocenters. The van der Waals surface area contributed by atoms with Crippen molar-refractivity contribution < 1.29 is 14.6 Å². The van der Waals surface area contributed by atoms with Crippen LogP contribution in [0, 0.1) is 0 Å². The van der Waals surface area contributed by atoms with E-state index < -0.39 is 6.10 Å². The van der Waals surface area contributed by atoms with E-state index in [0.717, 1.165) is 11.1 Å². The molecule has 0 saturated carbocycles. The normalized spacial score (nSPS) is 12.7. The zero-order valence-corrected chi connectivity index (χ0v) is 10.6. The van der Waals surface area contributed by atoms with Crippen LogP contribution in [0.25, 0.3) is 0 Å². The van der Waals surface area contributed by atoms with E-state index in [9.17, 15) is 5.11 Å². The van der Waals surface area contributed by atoms with Gasteiger partial charge in [-0.3, -0.25) is 0 Å². The van der Waals surface area contributed by atoms with E-state index >= 15 is 0 Å². The summed E-state index contributed by atoms with van der Waals surface area (Å²) in [5.41, 5.74) is 1.91. The molecular weight excluding hydrogens is 204 g/mol. The van der Waals surface area contributed by atoms with Crippen LogP contribution in [0.4, 0.5) is 0 Å². The quantitative estimate of drug-likeness (QED) is 0.854. The molecule has 0 heterocycles. The zero-order valence-electron chi connectivity index (χ0n) is 10.6. The lowest BCUT2D eigenvalue weighted by molar-refractivity contribution is 0.191. The van der Waals surface area contributed by atoms with Gasteiger partial charge < -0.3 is 14.6 Å². The van der Waals surface area contributed by atoms with Gasteiger partial charge in [0.25, 0.3) is 0 Å². The largest absolute Gasteiger partial charge is 0.493 e. The number of aliphatic hydroxyl groups is 1. The van der Waals surface area contributed by atoms with Crippen LogP contribution in [0.15, 0.2) is 12.1 Å². The van der Waals surface area contributed by atoms with Crippen molar-refractivity contribution in [2.75, 3.05) is 14.2 Å². The van der Waals surface area contributed by atoms with Crippen LogP contribution in [0.3, 0.4) is 0 Å². The number of rotatable bonds is 4. The van der Waals surface area contributed by atoms with Crippen molar-refractivity contribution in [1.82, 2.24) is 0 Å². The summed E-state index contributed by atoms with van der Waals surface area (Å²) in [5.74, 6) is 1.62. The molecule has 3 nitrogen and oxygen atoms in total. The van der Waals surface area contributed by atoms with Gasteiger partial charge in [0.05, 0.1) is 20.3 Å². The minimum absolute atomic E-state index is 0.337. The molecule has 1 N–H and O–H groups in total. The van der Waals surface area contributed by atoms with Crippen molar-refractivity contribution in [3.05, 3.63) is 23.3 Å². The van der Waals surface area contributed by atoms with Gasteiger partial charge >= 0.3 is 0 Å². The first-order chi connectivity index (χ1) is 7.52. The van der Waals surface area contributed by atoms with Gasteiger partial charge in [-0.15, -0.1) is 0 Å². The molecule has 1 atom stereocenters. The summed E-state index contributed by atoms with van der Waals surface area (Å²) >= 11 is 0. The van der Waals surface area contributed by atoms with Gasteiger partial charge in [0.15, 0.2) is 11.5 Å². The van der Waals surface area contributed by atoms with Crippen LogP contribution in [-0.2, 0) is 0 Å². The Morgan fingerprint density at radius 2 is 1.69 bits per heavy atom. The molecule has 0 fully saturated rings. The second-order valence-corrected chi connectivity index (χ2v) is 4.13. The minimum Gasteiger partial charge on any atom is -0.493 e. The predicted molar refractivity (Wildman–Crippen MR) is 64.3 cm³/mol. The first kappa shape index (κ1) is 12.8. The van der Waals surface area contributed by atoms with Gasteiger partial charge in [0.2, 0.25) is 0 Å². The van der Waals surface area contributed by atoms with Crippen molar-refractivity contribution in [1.29, 1.82) is 0 Å². The fourth-order valence-corrected chi connectivity index (χ4v) is 1.90. The number of ether oxygens (including phenoxy) is 2. The molecule has 0 aliphatic heterocycles. The van der Waals surface area contributed by atoms with Gasteiger partial charge in [0, 0.05) is 5.56 Å². The SMILES string of the molecule is COc1ccc(C(C)C)c(C(C)O)c1OC. The highest BCUT2D eigenvalue weighted by Crippen LogP contribution is 2.39. The lowest BCUT2D eigenvalue weighted by Gasteiger charge is -2.20. The predicted octanol–water partition coefficient (Wildman–Crippen LogP) is 2.88. The Hall–Kier alpha value is -1.22. The molecule has 0 spiro atoms. The standard InChI is InChI=1S/C13H20O3/c1-8(2)10-6-7-11(15-4)13(16-5)12(10)9(3)14/h6-9,14H,1-5H3. The smallest absolute Gasteiger partial charge is 0.166 e. The molecule has 1 rings (SSSR count). The van der Waals surface area contributed by atoms with E-state index in [-0.39, 0.29) is 0 Å². The zero-order chi connectivity index (χ0) is 12.3. The third-order valence-electron chi connectivity index (χ3n) is 2.66. The Balaban J connectivity index is 3.44. The number of benzene rings is 1. The minimum atomic E-state index is -0.567. The Morgan fingerprint density at radius 1 is 1.06 bits per heavy atom. The van der Waals surface area contributed by atoms with Crippen molar-refractivity contribution in [2.45, 2.75) is 32.8 Å². The molecule has 0 aromatic heterocycles. The summed E-state index contributed by atoms with van der Waals surface area (Å²) in [6.07, 6.45) is -0.567. The first-order valence-corrected chi connectivity index (χ1v) is 5.45. The van der Waals surface area contributed by atoms with Crippen LogP contribution in [0.5, 0.6) is 11.5 Å². The Labute approximate surface area is 97.0 Å². The molecule has 90 valence electrons. The van der Waals surface area contributed by atoms with Crippen LogP contribution in [0.2, 0.25) is 0 Å². The second-order valence-electron chi connectivity index (χ2n) is 4.13. The third-order valence-corrected chi connectivity index (χ3v) is 2.66. The van der Waals surface area contributed by atoms with Crippen molar-refractivity contribution in [2.24, 2.45) is 0 Å². The molecule has 0 bridgehead atoms. The van der Waals surface area contributed by atoms with Gasteiger partial charge in [-0.2, -0.15) is 0 Å². The molecular formula is C13H20O3. The number of hydrogen-bond acceptors (Lipinski definition) is 3. The number of hydrogen-bond donors (Lipinski definition) is 1. The molecule has 3 heteroatoms. The maximum atomic E-state index is 9.85. The fourth-order valence-electron chi connectivity index (χ4n) is 1.90. The average molecular weight is 224 g/mol. The van der Waals surface area contributed by atoms with Crippen molar-refractivity contribution in [3.8, 4) is 11.5 Å². The van der Waals surface area contributed by atoms with Gasteiger partial charge in [-0.1, -0.05) is 19.9 Å². The number of methoxy groups -OCH3 is 2. The van der Waals surface area contributed by atoms with Crippen LogP contribution < -0.4 is 9.47 Å². The number of aliphatic hydroxyl groups excluding tert-OH is 1. The highest BCUT2D eigenvalue weighted by molar-refractivity contribution is 5.52. The molecule has 1 aromatic rings. The summed E-state index contributed by atoms with van der Waals surface area (Å²) < 4.78 is 10.6. The lowest BCUT2D eigenvalue weighted by atomic mass is 9.93. The monoisotopic (exact) mass is 224 g/mol. The van der Waals surface area contributed by atoms with Crippen LogP contribution in [0.1, 0.15) is 43.9 Å². The van der Waals surface area contributed by atoms with E-state index in [4.69, 9.17) is 9.47 Å². The van der Waals surface area contributed by atoms with Crippen LogP contribution in [-0.4, -0.2) is 19.3 Å². The summed E-state index contributed by atoms with van der Waals surface area (Å²) in [4.78, 5) is 0. The molecule has 0 amide bonds. The Kier molecular flexibility index (Phi) is 4.19. The van der Waals surface area contributed by atoms with E-state index in [1.165, 1.54) is 0 Å². The van der Waals surface area contributed by atoms with Gasteiger partial charge in [0.1, 0.15) is 0 Å². The Morgan fingerprint density at radius 3 is 2.06 bits per heavy atom. The van der Waals surface area contributed by atoms with Gasteiger partial charge in [-0.25, -0.2) is 0 Å². The molecule has 0 aliphatic rings. The van der Waals surface area contributed by atoms with E-state index in [2.05, 4.69) is 13.8 Å². The van der Waals surface area contributed by atoms with Crippen LogP contribution >= 0.6 is 0 Å². The third kappa shape index (κ3) is 2.30. The maximum Gasteiger partial charge on any atom is 0.166 e. The topological polar surface area (TPSA) is 38.7 Å². The maximum absolute atomic E-state index is 9.85. The van der Waals surface area contributed by atoms with E-state index in [1.807, 2.05) is 12.1 Å². The molecule has 0 radical (unpaired) electrons. The summed E-state index contributed by atoms with van der Waals surface area (Å²) in [5, 5.41) is 9.85. The summed E-state index contributed by atoms with van der Waals surface area (Å²) in [6.45, 7) is 5.92. The molecule has 0 saturated heterocycles. The summed E-state index contributed by atoms with van der Waals surface area (Å²) in [6, 6.07) is 3.86. The highest BCUT2D eigenvalue weighted by Gasteiger charge is 2.20.